The van der Waals surface area contributed by atoms with Crippen LogP contribution in [0.4, 0.5) is 22.7 Å². The van der Waals surface area contributed by atoms with Crippen molar-refractivity contribution >= 4 is 39.0 Å². The van der Waals surface area contributed by atoms with E-state index in [2.05, 4.69) is 15.2 Å². The maximum atomic E-state index is 13.0. The maximum Gasteiger partial charge on any atom is 0.270 e. The molecule has 11 heteroatoms. The molecule has 0 aromatic heterocycles. The molecular formula is C22H23N5O5S. The van der Waals surface area contributed by atoms with E-state index in [-0.39, 0.29) is 22.0 Å². The maximum absolute atomic E-state index is 13.0. The smallest absolute Gasteiger partial charge is 0.270 e. The number of non-ortho nitro benzene ring substituents is 1. The molecule has 3 aromatic rings. The van der Waals surface area contributed by atoms with Crippen LogP contribution in [0.25, 0.3) is 0 Å². The zero-order valence-electron chi connectivity index (χ0n) is 18.2. The van der Waals surface area contributed by atoms with E-state index < -0.39 is 14.9 Å². The molecule has 0 amide bonds. The molecule has 0 radical (unpaired) electrons. The van der Waals surface area contributed by atoms with Crippen molar-refractivity contribution in [2.24, 2.45) is 5.10 Å². The van der Waals surface area contributed by atoms with Gasteiger partial charge < -0.3 is 9.64 Å². The van der Waals surface area contributed by atoms with E-state index in [1.165, 1.54) is 37.6 Å². The minimum Gasteiger partial charge on any atom is -0.497 e. The molecule has 33 heavy (non-hydrogen) atoms. The van der Waals surface area contributed by atoms with Crippen LogP contribution in [-0.2, 0) is 10.0 Å². The lowest BCUT2D eigenvalue weighted by Crippen LogP contribution is -2.15. The Kier molecular flexibility index (Phi) is 7.13. The molecule has 0 heterocycles. The number of sulfonamides is 1. The number of rotatable bonds is 9. The van der Waals surface area contributed by atoms with E-state index in [4.69, 9.17) is 4.74 Å². The van der Waals surface area contributed by atoms with E-state index in [0.717, 1.165) is 17.3 Å². The second-order valence-corrected chi connectivity index (χ2v) is 8.78. The van der Waals surface area contributed by atoms with Gasteiger partial charge in [-0.05, 0) is 48.0 Å². The fraction of sp³-hybridized carbons (Fsp3) is 0.136. The number of hydrogen-bond acceptors (Lipinski definition) is 8. The number of hydrazone groups is 1. The van der Waals surface area contributed by atoms with E-state index in [9.17, 15) is 18.5 Å². The van der Waals surface area contributed by atoms with Gasteiger partial charge in [-0.3, -0.25) is 20.3 Å². The molecule has 0 bridgehead atoms. The summed E-state index contributed by atoms with van der Waals surface area (Å²) >= 11 is 0. The number of nitrogens with one attached hydrogen (secondary N) is 2. The summed E-state index contributed by atoms with van der Waals surface area (Å²) in [6.45, 7) is 0. The zero-order chi connectivity index (χ0) is 24.0. The highest BCUT2D eigenvalue weighted by molar-refractivity contribution is 7.92. The number of nitro groups is 1. The molecule has 0 saturated heterocycles. The molecule has 0 atom stereocenters. The predicted octanol–water partition coefficient (Wildman–Crippen LogP) is 3.92. The normalized spacial score (nSPS) is 11.2. The number of anilines is 3. The first-order chi connectivity index (χ1) is 15.7. The van der Waals surface area contributed by atoms with E-state index >= 15 is 0 Å². The van der Waals surface area contributed by atoms with Crippen LogP contribution in [0.2, 0.25) is 0 Å². The van der Waals surface area contributed by atoms with Gasteiger partial charge in [-0.2, -0.15) is 5.10 Å². The standard InChI is InChI=1S/C22H23N5O5S/c1-26(2)18-8-4-16(5-9-18)15-23-24-21-13-10-19(27(28)29)14-22(21)33(30,31)25-17-6-11-20(32-3)12-7-17/h4-15,24-25H,1-3H3. The molecule has 172 valence electrons. The van der Waals surface area contributed by atoms with Crippen molar-refractivity contribution in [3.05, 3.63) is 82.4 Å². The molecule has 0 aliphatic heterocycles. The Morgan fingerprint density at radius 3 is 2.27 bits per heavy atom. The van der Waals surface area contributed by atoms with Gasteiger partial charge in [-0.1, -0.05) is 12.1 Å². The summed E-state index contributed by atoms with van der Waals surface area (Å²) in [4.78, 5) is 12.2. The minimum absolute atomic E-state index is 0.0859. The lowest BCUT2D eigenvalue weighted by atomic mass is 10.2. The fourth-order valence-corrected chi connectivity index (χ4v) is 4.08. The number of methoxy groups -OCH3 is 1. The van der Waals surface area contributed by atoms with Gasteiger partial charge in [0.05, 0.1) is 23.9 Å². The van der Waals surface area contributed by atoms with Gasteiger partial charge in [0.2, 0.25) is 0 Å². The predicted molar refractivity (Wildman–Crippen MR) is 129 cm³/mol. The first-order valence-electron chi connectivity index (χ1n) is 9.71. The average molecular weight is 470 g/mol. The second kappa shape index (κ2) is 10.0. The molecule has 3 aromatic carbocycles. The Morgan fingerprint density at radius 2 is 1.70 bits per heavy atom. The topological polar surface area (TPSA) is 126 Å². The molecule has 0 aliphatic rings. The van der Waals surface area contributed by atoms with Crippen LogP contribution >= 0.6 is 0 Å². The monoisotopic (exact) mass is 469 g/mol. The molecule has 0 aliphatic carbocycles. The van der Waals surface area contributed by atoms with Crippen molar-refractivity contribution in [2.75, 3.05) is 36.3 Å². The highest BCUT2D eigenvalue weighted by Gasteiger charge is 2.22. The van der Waals surface area contributed by atoms with E-state index in [1.54, 1.807) is 12.1 Å². The van der Waals surface area contributed by atoms with Crippen molar-refractivity contribution < 1.29 is 18.1 Å². The first-order valence-corrected chi connectivity index (χ1v) is 11.2. The summed E-state index contributed by atoms with van der Waals surface area (Å²) in [7, 11) is 1.19. The van der Waals surface area contributed by atoms with Gasteiger partial charge in [0.15, 0.2) is 0 Å². The Hall–Kier alpha value is -4.12. The van der Waals surface area contributed by atoms with Crippen LogP contribution in [0.3, 0.4) is 0 Å². The summed E-state index contributed by atoms with van der Waals surface area (Å²) in [5.74, 6) is 0.559. The van der Waals surface area contributed by atoms with Crippen LogP contribution in [0.15, 0.2) is 76.7 Å². The summed E-state index contributed by atoms with van der Waals surface area (Å²) in [5.41, 5.74) is 4.48. The van der Waals surface area contributed by atoms with E-state index in [1.807, 2.05) is 43.3 Å². The molecule has 2 N–H and O–H groups in total. The van der Waals surface area contributed by atoms with Crippen molar-refractivity contribution in [3.8, 4) is 5.75 Å². The second-order valence-electron chi connectivity index (χ2n) is 7.13. The average Bonchev–Trinajstić information content (AvgIpc) is 2.79. The van der Waals surface area contributed by atoms with Crippen LogP contribution in [0, 0.1) is 10.1 Å². The van der Waals surface area contributed by atoms with Crippen molar-refractivity contribution in [1.29, 1.82) is 0 Å². The number of hydrogen-bond donors (Lipinski definition) is 2. The summed E-state index contributed by atoms with van der Waals surface area (Å²) in [6, 6.07) is 17.3. The Bertz CT molecular complexity index is 1260. The molecular weight excluding hydrogens is 446 g/mol. The molecule has 10 nitrogen and oxygen atoms in total. The van der Waals surface area contributed by atoms with Crippen LogP contribution < -0.4 is 19.8 Å². The number of ether oxygens (including phenoxy) is 1. The van der Waals surface area contributed by atoms with Gasteiger partial charge in [-0.15, -0.1) is 0 Å². The van der Waals surface area contributed by atoms with Gasteiger partial charge in [-0.25, -0.2) is 8.42 Å². The fourth-order valence-electron chi connectivity index (χ4n) is 2.84. The lowest BCUT2D eigenvalue weighted by Gasteiger charge is -2.13. The largest absolute Gasteiger partial charge is 0.497 e. The summed E-state index contributed by atoms with van der Waals surface area (Å²) < 4.78 is 33.5. The quantitative estimate of drug-likeness (QED) is 0.276. The zero-order valence-corrected chi connectivity index (χ0v) is 19.0. The Labute approximate surface area is 191 Å². The molecule has 3 rings (SSSR count). The van der Waals surface area contributed by atoms with Crippen LogP contribution in [0.5, 0.6) is 5.75 Å². The van der Waals surface area contributed by atoms with Gasteiger partial charge in [0, 0.05) is 37.6 Å². The summed E-state index contributed by atoms with van der Waals surface area (Å²) in [5, 5.41) is 15.3. The SMILES string of the molecule is COc1ccc(NS(=O)(=O)c2cc([N+](=O)[O-])ccc2NN=Cc2ccc(N(C)C)cc2)cc1. The van der Waals surface area contributed by atoms with Crippen LogP contribution in [0.1, 0.15) is 5.56 Å². The number of nitro benzene ring substituents is 1. The van der Waals surface area contributed by atoms with E-state index in [0.29, 0.717) is 5.75 Å². The van der Waals surface area contributed by atoms with Gasteiger partial charge >= 0.3 is 0 Å². The minimum atomic E-state index is -4.17. The lowest BCUT2D eigenvalue weighted by molar-refractivity contribution is -0.385. The molecule has 0 spiro atoms. The van der Waals surface area contributed by atoms with Gasteiger partial charge in [0.1, 0.15) is 10.6 Å². The first kappa shape index (κ1) is 23.5. The third kappa shape index (κ3) is 5.98. The van der Waals surface area contributed by atoms with Crippen molar-refractivity contribution in [1.82, 2.24) is 0 Å². The van der Waals surface area contributed by atoms with Gasteiger partial charge in [0.25, 0.3) is 15.7 Å². The molecule has 0 unspecified atom stereocenters. The number of benzene rings is 3. The highest BCUT2D eigenvalue weighted by atomic mass is 32.2. The third-order valence-electron chi connectivity index (χ3n) is 4.62. The van der Waals surface area contributed by atoms with Crippen molar-refractivity contribution in [3.63, 3.8) is 0 Å². The highest BCUT2D eigenvalue weighted by Crippen LogP contribution is 2.29. The Balaban J connectivity index is 1.87. The van der Waals surface area contributed by atoms with Crippen LogP contribution in [-0.4, -0.2) is 40.8 Å². The Morgan fingerprint density at radius 1 is 1.03 bits per heavy atom. The van der Waals surface area contributed by atoms with Crippen molar-refractivity contribution in [2.45, 2.75) is 4.90 Å². The number of nitrogens with zero attached hydrogens (tertiary/aromatic N) is 3. The third-order valence-corrected chi connectivity index (χ3v) is 6.04. The molecule has 0 fully saturated rings. The molecule has 0 saturated carbocycles. The summed E-state index contributed by atoms with van der Waals surface area (Å²) in [6.07, 6.45) is 1.52.